The van der Waals surface area contributed by atoms with Crippen LogP contribution < -0.4 is 0 Å². The van der Waals surface area contributed by atoms with Gasteiger partial charge in [0.25, 0.3) is 0 Å². The average Bonchev–Trinajstić information content (AvgIpc) is 2.53. The van der Waals surface area contributed by atoms with E-state index in [0.717, 1.165) is 19.1 Å². The molecule has 0 amide bonds. The molecule has 2 N–H and O–H groups in total. The van der Waals surface area contributed by atoms with Gasteiger partial charge in [-0.05, 0) is 37.0 Å². The highest BCUT2D eigenvalue weighted by Crippen LogP contribution is 2.25. The molecule has 0 aliphatic carbocycles. The first kappa shape index (κ1) is 17.5. The fourth-order valence-electron chi connectivity index (χ4n) is 2.26. The summed E-state index contributed by atoms with van der Waals surface area (Å²) in [7, 11) is 1.16. The van der Waals surface area contributed by atoms with Crippen LogP contribution in [0, 0.1) is 11.3 Å². The molecule has 0 heterocycles. The standard InChI is InChI=1S/C16H20N2O4/c1-3-4-12(15(20)14(18-17)16(21)22-2)8-5-11-6-9-13(19)10-7-11/h6-7,9-10,12H,3-5,8H2,1-2H3,(H-,19,20,21)/p+1. The van der Waals surface area contributed by atoms with E-state index in [1.165, 1.54) is 0 Å². The van der Waals surface area contributed by atoms with Crippen LogP contribution in [0.25, 0.3) is 4.98 Å². The zero-order valence-electron chi connectivity index (χ0n) is 12.8. The summed E-state index contributed by atoms with van der Waals surface area (Å²) in [6.07, 6.45) is 2.71. The Morgan fingerprint density at radius 1 is 1.32 bits per heavy atom. The fraction of sp³-hybridized carbons (Fsp3) is 0.438. The highest BCUT2D eigenvalue weighted by atomic mass is 16.5. The Bertz CT molecular complexity index is 573. The Kier molecular flexibility index (Phi) is 6.90. The SMILES string of the molecule is CCCC(CCc1ccc(O)cc1)/C(O)=C(\[N+]#N)C(=O)OC. The number of methoxy groups -OCH3 is 1. The molecule has 1 aromatic carbocycles. The second kappa shape index (κ2) is 8.67. The molecule has 1 rings (SSSR count). The first-order valence-corrected chi connectivity index (χ1v) is 7.17. The lowest BCUT2D eigenvalue weighted by molar-refractivity contribution is -0.136. The number of nitrogens with zero attached hydrogens (tertiary/aromatic N) is 2. The number of rotatable bonds is 7. The van der Waals surface area contributed by atoms with Gasteiger partial charge in [-0.2, -0.15) is 0 Å². The molecule has 0 saturated carbocycles. The summed E-state index contributed by atoms with van der Waals surface area (Å²) in [6, 6.07) is 6.80. The number of aromatic hydroxyl groups is 1. The van der Waals surface area contributed by atoms with Crippen LogP contribution in [0.2, 0.25) is 0 Å². The lowest BCUT2D eigenvalue weighted by Gasteiger charge is -2.13. The molecule has 6 nitrogen and oxygen atoms in total. The van der Waals surface area contributed by atoms with Crippen LogP contribution in [0.1, 0.15) is 31.7 Å². The van der Waals surface area contributed by atoms with Crippen molar-refractivity contribution in [1.82, 2.24) is 0 Å². The fourth-order valence-corrected chi connectivity index (χ4v) is 2.26. The molecule has 0 aliphatic rings. The zero-order valence-corrected chi connectivity index (χ0v) is 12.8. The van der Waals surface area contributed by atoms with E-state index in [-0.39, 0.29) is 17.4 Å². The van der Waals surface area contributed by atoms with E-state index in [0.29, 0.717) is 19.3 Å². The average molecular weight is 305 g/mol. The monoisotopic (exact) mass is 305 g/mol. The Hall–Kier alpha value is -2.55. The lowest BCUT2D eigenvalue weighted by Crippen LogP contribution is -2.13. The van der Waals surface area contributed by atoms with Crippen molar-refractivity contribution >= 4 is 5.97 Å². The van der Waals surface area contributed by atoms with Crippen LogP contribution in [-0.4, -0.2) is 23.3 Å². The Balaban J connectivity index is 2.88. The van der Waals surface area contributed by atoms with Gasteiger partial charge in [-0.3, -0.25) is 0 Å². The van der Waals surface area contributed by atoms with Crippen molar-refractivity contribution in [2.75, 3.05) is 7.11 Å². The molecule has 0 saturated heterocycles. The van der Waals surface area contributed by atoms with Crippen molar-refractivity contribution in [2.45, 2.75) is 32.6 Å². The van der Waals surface area contributed by atoms with Crippen molar-refractivity contribution in [2.24, 2.45) is 5.92 Å². The number of diazo groups is 1. The predicted molar refractivity (Wildman–Crippen MR) is 81.6 cm³/mol. The van der Waals surface area contributed by atoms with Gasteiger partial charge in [0.2, 0.25) is 5.39 Å². The molecule has 1 unspecified atom stereocenters. The van der Waals surface area contributed by atoms with Gasteiger partial charge in [-0.25, -0.2) is 4.79 Å². The highest BCUT2D eigenvalue weighted by Gasteiger charge is 2.33. The van der Waals surface area contributed by atoms with Gasteiger partial charge in [-0.1, -0.05) is 25.5 Å². The van der Waals surface area contributed by atoms with Crippen LogP contribution in [-0.2, 0) is 16.0 Å². The predicted octanol–water partition coefficient (Wildman–Crippen LogP) is 3.54. The lowest BCUT2D eigenvalue weighted by atomic mass is 9.92. The van der Waals surface area contributed by atoms with Crippen molar-refractivity contribution in [3.63, 3.8) is 0 Å². The number of benzene rings is 1. The van der Waals surface area contributed by atoms with Gasteiger partial charge in [0.15, 0.2) is 10.7 Å². The van der Waals surface area contributed by atoms with Crippen LogP contribution in [0.4, 0.5) is 0 Å². The van der Waals surface area contributed by atoms with Crippen LogP contribution >= 0.6 is 0 Å². The molecular formula is C16H21N2O4+. The normalized spacial score (nSPS) is 13.0. The van der Waals surface area contributed by atoms with E-state index < -0.39 is 11.7 Å². The Morgan fingerprint density at radius 2 is 1.95 bits per heavy atom. The third kappa shape index (κ3) is 4.77. The molecule has 0 spiro atoms. The van der Waals surface area contributed by atoms with E-state index in [1.54, 1.807) is 24.3 Å². The summed E-state index contributed by atoms with van der Waals surface area (Å²) in [6.45, 7) is 1.97. The first-order chi connectivity index (χ1) is 10.5. The number of phenols is 1. The van der Waals surface area contributed by atoms with E-state index in [9.17, 15) is 15.0 Å². The molecular weight excluding hydrogens is 284 g/mol. The number of aliphatic hydroxyl groups excluding tert-OH is 1. The number of phenolic OH excluding ortho intramolecular Hbond substituents is 1. The summed E-state index contributed by atoms with van der Waals surface area (Å²) in [5.74, 6) is -1.23. The molecule has 118 valence electrons. The second-order valence-corrected chi connectivity index (χ2v) is 5.02. The number of ether oxygens (including phenoxy) is 1. The number of aryl methyl sites for hydroxylation is 1. The maximum atomic E-state index is 11.5. The van der Waals surface area contributed by atoms with E-state index in [2.05, 4.69) is 9.71 Å². The first-order valence-electron chi connectivity index (χ1n) is 7.17. The van der Waals surface area contributed by atoms with Crippen LogP contribution in [0.3, 0.4) is 0 Å². The summed E-state index contributed by atoms with van der Waals surface area (Å²) >= 11 is 0. The molecule has 22 heavy (non-hydrogen) atoms. The van der Waals surface area contributed by atoms with Gasteiger partial charge >= 0.3 is 11.7 Å². The Labute approximate surface area is 129 Å². The minimum atomic E-state index is -0.870. The number of hydrogen-bond acceptors (Lipinski definition) is 5. The quantitative estimate of drug-likeness (QED) is 0.348. The number of carbonyl (C=O) groups excluding carboxylic acids is 1. The molecule has 0 bridgehead atoms. The summed E-state index contributed by atoms with van der Waals surface area (Å²) < 4.78 is 4.49. The van der Waals surface area contributed by atoms with Crippen molar-refractivity contribution in [1.29, 1.82) is 5.39 Å². The molecule has 0 aromatic heterocycles. The second-order valence-electron chi connectivity index (χ2n) is 5.02. The minimum Gasteiger partial charge on any atom is -0.508 e. The van der Waals surface area contributed by atoms with E-state index in [4.69, 9.17) is 5.39 Å². The van der Waals surface area contributed by atoms with Gasteiger partial charge in [-0.15, -0.1) is 0 Å². The van der Waals surface area contributed by atoms with Crippen LogP contribution in [0.15, 0.2) is 35.7 Å². The van der Waals surface area contributed by atoms with Crippen molar-refractivity contribution in [3.05, 3.63) is 46.3 Å². The van der Waals surface area contributed by atoms with E-state index >= 15 is 0 Å². The van der Waals surface area contributed by atoms with Crippen molar-refractivity contribution in [3.8, 4) is 5.75 Å². The maximum Gasteiger partial charge on any atom is 0.505 e. The number of carbonyl (C=O) groups is 1. The molecule has 1 aromatic rings. The third-order valence-corrected chi connectivity index (χ3v) is 3.46. The van der Waals surface area contributed by atoms with E-state index in [1.807, 2.05) is 6.92 Å². The van der Waals surface area contributed by atoms with Gasteiger partial charge in [0.05, 0.1) is 7.11 Å². The number of esters is 1. The number of allylic oxidation sites excluding steroid dienone is 1. The smallest absolute Gasteiger partial charge is 0.505 e. The molecule has 0 radical (unpaired) electrons. The molecule has 0 aliphatic heterocycles. The number of aliphatic hydroxyl groups is 1. The zero-order chi connectivity index (χ0) is 16.5. The molecule has 6 heteroatoms. The topological polar surface area (TPSA) is 94.9 Å². The highest BCUT2D eigenvalue weighted by molar-refractivity contribution is 5.90. The summed E-state index contributed by atoms with van der Waals surface area (Å²) in [5.41, 5.74) is 0.555. The summed E-state index contributed by atoms with van der Waals surface area (Å²) in [4.78, 5) is 14.3. The maximum absolute atomic E-state index is 11.5. The van der Waals surface area contributed by atoms with Gasteiger partial charge < -0.3 is 14.9 Å². The van der Waals surface area contributed by atoms with Crippen molar-refractivity contribution < 1.29 is 19.7 Å². The largest absolute Gasteiger partial charge is 0.508 e. The Morgan fingerprint density at radius 3 is 2.45 bits per heavy atom. The summed E-state index contributed by atoms with van der Waals surface area (Å²) in [5, 5.41) is 28.4. The van der Waals surface area contributed by atoms with Gasteiger partial charge in [0.1, 0.15) is 5.75 Å². The molecule has 0 fully saturated rings. The third-order valence-electron chi connectivity index (χ3n) is 3.46. The molecule has 1 atom stereocenters. The van der Waals surface area contributed by atoms with Gasteiger partial charge in [0, 0.05) is 5.92 Å². The number of hydrogen-bond donors (Lipinski definition) is 2. The minimum absolute atomic E-state index is 0.198. The van der Waals surface area contributed by atoms with Crippen LogP contribution in [0.5, 0.6) is 5.75 Å².